The van der Waals surface area contributed by atoms with Crippen molar-refractivity contribution < 1.29 is 0 Å². The fourth-order valence-corrected chi connectivity index (χ4v) is 3.54. The summed E-state index contributed by atoms with van der Waals surface area (Å²) in [5, 5.41) is 0. The number of nitrogens with zero attached hydrogens (tertiary/aromatic N) is 2. The lowest BCUT2D eigenvalue weighted by Crippen LogP contribution is -2.50. The highest BCUT2D eigenvalue weighted by molar-refractivity contribution is 5.54. The van der Waals surface area contributed by atoms with Crippen molar-refractivity contribution >= 4 is 5.69 Å². The molecule has 0 N–H and O–H groups in total. The molecule has 2 heteroatoms. The first-order chi connectivity index (χ1) is 9.56. The molecule has 1 aliphatic heterocycles. The monoisotopic (exact) mass is 272 g/mol. The number of piperazine rings is 1. The first-order valence-electron chi connectivity index (χ1n) is 8.15. The second-order valence-corrected chi connectivity index (χ2v) is 7.05. The smallest absolute Gasteiger partial charge is 0.0389 e. The summed E-state index contributed by atoms with van der Waals surface area (Å²) in [6.07, 6.45) is 2.78. The Bertz CT molecular complexity index is 476. The highest BCUT2D eigenvalue weighted by Gasteiger charge is 2.28. The van der Waals surface area contributed by atoms with Crippen molar-refractivity contribution in [2.45, 2.75) is 51.5 Å². The summed E-state index contributed by atoms with van der Waals surface area (Å²) >= 11 is 0. The lowest BCUT2D eigenvalue weighted by molar-refractivity contribution is 0.275. The van der Waals surface area contributed by atoms with E-state index in [0.717, 1.165) is 12.5 Å². The fourth-order valence-electron chi connectivity index (χ4n) is 3.54. The molecule has 110 valence electrons. The summed E-state index contributed by atoms with van der Waals surface area (Å²) < 4.78 is 0. The zero-order valence-corrected chi connectivity index (χ0v) is 13.4. The lowest BCUT2D eigenvalue weighted by atomic mass is 9.93. The molecule has 0 spiro atoms. The van der Waals surface area contributed by atoms with Crippen LogP contribution in [0.15, 0.2) is 18.2 Å². The maximum atomic E-state index is 2.59. The average molecular weight is 272 g/mol. The molecule has 0 radical (unpaired) electrons. The van der Waals surface area contributed by atoms with Gasteiger partial charge < -0.3 is 9.80 Å². The summed E-state index contributed by atoms with van der Waals surface area (Å²) in [5.74, 6) is 1.49. The van der Waals surface area contributed by atoms with Crippen molar-refractivity contribution in [2.24, 2.45) is 0 Å². The van der Waals surface area contributed by atoms with Crippen LogP contribution in [0.3, 0.4) is 0 Å². The van der Waals surface area contributed by atoms with Gasteiger partial charge in [-0.1, -0.05) is 19.9 Å². The molecule has 1 unspecified atom stereocenters. The van der Waals surface area contributed by atoms with Gasteiger partial charge in [0.25, 0.3) is 0 Å². The molecule has 1 atom stereocenters. The Hall–Kier alpha value is -1.02. The molecule has 1 saturated carbocycles. The molecule has 20 heavy (non-hydrogen) atoms. The Balaban J connectivity index is 1.88. The Morgan fingerprint density at radius 2 is 1.90 bits per heavy atom. The zero-order chi connectivity index (χ0) is 14.3. The van der Waals surface area contributed by atoms with Crippen molar-refractivity contribution in [3.63, 3.8) is 0 Å². The van der Waals surface area contributed by atoms with Gasteiger partial charge in [-0.3, -0.25) is 0 Å². The Morgan fingerprint density at radius 3 is 2.50 bits per heavy atom. The minimum absolute atomic E-state index is 0.616. The SMILES string of the molecule is CC(C)c1ccc(N2CCN(C)CC2C)cc1C1CC1. The van der Waals surface area contributed by atoms with E-state index in [-0.39, 0.29) is 0 Å². The van der Waals surface area contributed by atoms with Crippen molar-refractivity contribution in [1.82, 2.24) is 4.90 Å². The minimum atomic E-state index is 0.616. The van der Waals surface area contributed by atoms with Crippen molar-refractivity contribution in [2.75, 3.05) is 31.6 Å². The molecule has 2 aliphatic rings. The van der Waals surface area contributed by atoms with Crippen LogP contribution in [0, 0.1) is 0 Å². The van der Waals surface area contributed by atoms with Gasteiger partial charge in [0.05, 0.1) is 0 Å². The van der Waals surface area contributed by atoms with E-state index in [4.69, 9.17) is 0 Å². The van der Waals surface area contributed by atoms with Gasteiger partial charge in [-0.15, -0.1) is 0 Å². The van der Waals surface area contributed by atoms with Crippen LogP contribution in [0.1, 0.15) is 56.6 Å². The van der Waals surface area contributed by atoms with E-state index in [1.54, 1.807) is 11.1 Å². The predicted molar refractivity (Wildman–Crippen MR) is 86.8 cm³/mol. The molecule has 0 bridgehead atoms. The quantitative estimate of drug-likeness (QED) is 0.825. The van der Waals surface area contributed by atoms with Crippen molar-refractivity contribution in [3.8, 4) is 0 Å². The van der Waals surface area contributed by atoms with Crippen molar-refractivity contribution in [3.05, 3.63) is 29.3 Å². The van der Waals surface area contributed by atoms with E-state index in [1.165, 1.54) is 31.6 Å². The summed E-state index contributed by atoms with van der Waals surface area (Å²) in [4.78, 5) is 5.03. The third kappa shape index (κ3) is 2.71. The van der Waals surface area contributed by atoms with E-state index >= 15 is 0 Å². The molecule has 1 heterocycles. The van der Waals surface area contributed by atoms with Crippen LogP contribution in [0.4, 0.5) is 5.69 Å². The van der Waals surface area contributed by atoms with E-state index in [1.807, 2.05) is 0 Å². The number of anilines is 1. The maximum absolute atomic E-state index is 2.59. The van der Waals surface area contributed by atoms with Crippen LogP contribution in [0.5, 0.6) is 0 Å². The van der Waals surface area contributed by atoms with Crippen LogP contribution in [0.25, 0.3) is 0 Å². The van der Waals surface area contributed by atoms with E-state index < -0.39 is 0 Å². The molecule has 2 fully saturated rings. The molecule has 1 aromatic carbocycles. The van der Waals surface area contributed by atoms with Gasteiger partial charge in [0.15, 0.2) is 0 Å². The summed E-state index contributed by atoms with van der Waals surface area (Å²) in [7, 11) is 2.23. The van der Waals surface area contributed by atoms with E-state index in [9.17, 15) is 0 Å². The first kappa shape index (κ1) is 13.9. The Morgan fingerprint density at radius 1 is 1.15 bits per heavy atom. The summed E-state index contributed by atoms with van der Waals surface area (Å²) in [6, 6.07) is 7.85. The topological polar surface area (TPSA) is 6.48 Å². The molecular weight excluding hydrogens is 244 g/mol. The molecule has 3 rings (SSSR count). The summed E-state index contributed by atoms with van der Waals surface area (Å²) in [5.41, 5.74) is 4.64. The summed E-state index contributed by atoms with van der Waals surface area (Å²) in [6.45, 7) is 10.5. The number of benzene rings is 1. The molecular formula is C18H28N2. The van der Waals surface area contributed by atoms with Gasteiger partial charge in [-0.2, -0.15) is 0 Å². The lowest BCUT2D eigenvalue weighted by Gasteiger charge is -2.40. The fraction of sp³-hybridized carbons (Fsp3) is 0.667. The zero-order valence-electron chi connectivity index (χ0n) is 13.4. The van der Waals surface area contributed by atoms with Crippen LogP contribution in [-0.4, -0.2) is 37.6 Å². The third-order valence-electron chi connectivity index (χ3n) is 4.87. The largest absolute Gasteiger partial charge is 0.366 e. The molecule has 1 aliphatic carbocycles. The standard InChI is InChI=1S/C18H28N2/c1-13(2)17-8-7-16(11-18(17)15-5-6-15)20-10-9-19(4)12-14(20)3/h7-8,11,13-15H,5-6,9-10,12H2,1-4H3. The van der Waals surface area contributed by atoms with E-state index in [2.05, 4.69) is 55.8 Å². The number of hydrogen-bond donors (Lipinski definition) is 0. The second-order valence-electron chi connectivity index (χ2n) is 7.05. The average Bonchev–Trinajstić information content (AvgIpc) is 3.22. The van der Waals surface area contributed by atoms with Crippen molar-refractivity contribution in [1.29, 1.82) is 0 Å². The Kier molecular flexibility index (Phi) is 3.76. The number of hydrogen-bond acceptors (Lipinski definition) is 2. The highest BCUT2D eigenvalue weighted by atomic mass is 15.3. The van der Waals surface area contributed by atoms with Crippen LogP contribution < -0.4 is 4.90 Å². The predicted octanol–water partition coefficient (Wildman–Crippen LogP) is 3.83. The van der Waals surface area contributed by atoms with Gasteiger partial charge in [-0.25, -0.2) is 0 Å². The molecule has 1 aromatic rings. The molecule has 0 aromatic heterocycles. The van der Waals surface area contributed by atoms with Crippen LogP contribution >= 0.6 is 0 Å². The van der Waals surface area contributed by atoms with Gasteiger partial charge in [0.1, 0.15) is 0 Å². The van der Waals surface area contributed by atoms with Gasteiger partial charge in [-0.05, 0) is 61.9 Å². The van der Waals surface area contributed by atoms with E-state index in [0.29, 0.717) is 12.0 Å². The van der Waals surface area contributed by atoms with Crippen LogP contribution in [0.2, 0.25) is 0 Å². The van der Waals surface area contributed by atoms with Gasteiger partial charge >= 0.3 is 0 Å². The Labute approximate surface area is 123 Å². The minimum Gasteiger partial charge on any atom is -0.366 e. The highest BCUT2D eigenvalue weighted by Crippen LogP contribution is 2.44. The molecule has 2 nitrogen and oxygen atoms in total. The van der Waals surface area contributed by atoms with Crippen LogP contribution in [-0.2, 0) is 0 Å². The first-order valence-corrected chi connectivity index (χ1v) is 8.15. The van der Waals surface area contributed by atoms with Gasteiger partial charge in [0.2, 0.25) is 0 Å². The number of rotatable bonds is 3. The second kappa shape index (κ2) is 5.40. The maximum Gasteiger partial charge on any atom is 0.0389 e. The normalized spacial score (nSPS) is 24.4. The molecule has 1 saturated heterocycles. The third-order valence-corrected chi connectivity index (χ3v) is 4.87. The van der Waals surface area contributed by atoms with Gasteiger partial charge in [0, 0.05) is 31.4 Å². The number of likely N-dealkylation sites (N-methyl/N-ethyl adjacent to an activating group) is 1. The molecule has 0 amide bonds.